The minimum absolute atomic E-state index is 0.0852. The van der Waals surface area contributed by atoms with Gasteiger partial charge >= 0.3 is 0 Å². The molecule has 1 aromatic heterocycles. The zero-order chi connectivity index (χ0) is 14.3. The maximum atomic E-state index is 12.6. The van der Waals surface area contributed by atoms with Gasteiger partial charge in [-0.15, -0.1) is 0 Å². The molecule has 0 saturated heterocycles. The molecule has 0 spiro atoms. The van der Waals surface area contributed by atoms with E-state index in [2.05, 4.69) is 0 Å². The van der Waals surface area contributed by atoms with Crippen LogP contribution in [-0.4, -0.2) is 17.5 Å². The number of phenols is 1. The molecule has 3 rings (SSSR count). The van der Waals surface area contributed by atoms with Crippen LogP contribution in [0.3, 0.4) is 0 Å². The molecule has 0 fully saturated rings. The van der Waals surface area contributed by atoms with Crippen LogP contribution in [0.4, 0.5) is 0 Å². The fourth-order valence-electron chi connectivity index (χ4n) is 2.25. The van der Waals surface area contributed by atoms with Crippen molar-refractivity contribution in [1.82, 2.24) is 3.97 Å². The van der Waals surface area contributed by atoms with E-state index in [1.54, 1.807) is 48.5 Å². The Morgan fingerprint density at radius 3 is 2.45 bits per heavy atom. The highest BCUT2D eigenvalue weighted by molar-refractivity contribution is 7.90. The van der Waals surface area contributed by atoms with Crippen LogP contribution in [0.2, 0.25) is 0 Å². The Morgan fingerprint density at radius 1 is 1.05 bits per heavy atom. The van der Waals surface area contributed by atoms with Crippen molar-refractivity contribution >= 4 is 20.9 Å². The van der Waals surface area contributed by atoms with Gasteiger partial charge in [-0.2, -0.15) is 0 Å². The number of phenolic OH excluding ortho intramolecular Hbond substituents is 1. The van der Waals surface area contributed by atoms with E-state index in [1.807, 2.05) is 6.92 Å². The topological polar surface area (TPSA) is 59.3 Å². The second-order valence-electron chi connectivity index (χ2n) is 4.65. The van der Waals surface area contributed by atoms with Gasteiger partial charge in [-0.3, -0.25) is 0 Å². The molecular weight excluding hydrogens is 274 g/mol. The van der Waals surface area contributed by atoms with Crippen molar-refractivity contribution in [3.63, 3.8) is 0 Å². The third kappa shape index (κ3) is 1.87. The second kappa shape index (κ2) is 4.38. The predicted molar refractivity (Wildman–Crippen MR) is 77.4 cm³/mol. The van der Waals surface area contributed by atoms with Gasteiger partial charge in [0.25, 0.3) is 10.0 Å². The molecule has 0 radical (unpaired) electrons. The number of benzene rings is 2. The van der Waals surface area contributed by atoms with Crippen LogP contribution >= 0.6 is 0 Å². The zero-order valence-electron chi connectivity index (χ0n) is 10.8. The van der Waals surface area contributed by atoms with Gasteiger partial charge in [0.1, 0.15) is 5.75 Å². The van der Waals surface area contributed by atoms with Gasteiger partial charge in [0.05, 0.1) is 10.4 Å². The molecule has 0 bridgehead atoms. The average Bonchev–Trinajstić information content (AvgIpc) is 2.84. The van der Waals surface area contributed by atoms with Crippen molar-refractivity contribution in [3.8, 4) is 5.75 Å². The van der Waals surface area contributed by atoms with Crippen molar-refractivity contribution in [2.45, 2.75) is 11.8 Å². The molecule has 0 aliphatic heterocycles. The van der Waals surface area contributed by atoms with Gasteiger partial charge in [-0.1, -0.05) is 18.2 Å². The van der Waals surface area contributed by atoms with E-state index < -0.39 is 10.0 Å². The summed E-state index contributed by atoms with van der Waals surface area (Å²) >= 11 is 0. The molecule has 0 aliphatic rings. The number of hydrogen-bond acceptors (Lipinski definition) is 3. The summed E-state index contributed by atoms with van der Waals surface area (Å²) in [4.78, 5) is 0.221. The van der Waals surface area contributed by atoms with Crippen molar-refractivity contribution < 1.29 is 13.5 Å². The summed E-state index contributed by atoms with van der Waals surface area (Å²) in [7, 11) is -3.65. The lowest BCUT2D eigenvalue weighted by Crippen LogP contribution is -2.11. The first kappa shape index (κ1) is 12.7. The molecule has 0 aliphatic carbocycles. The highest BCUT2D eigenvalue weighted by Crippen LogP contribution is 2.29. The number of aryl methyl sites for hydroxylation is 1. The Balaban J connectivity index is 2.31. The molecule has 3 aromatic rings. The van der Waals surface area contributed by atoms with Gasteiger partial charge in [-0.05, 0) is 42.8 Å². The first-order chi connectivity index (χ1) is 9.50. The number of nitrogens with zero attached hydrogens (tertiary/aromatic N) is 1. The SMILES string of the molecule is Cc1cc(O)c2ccn(S(=O)(=O)c3ccccc3)c2c1. The normalized spacial score (nSPS) is 11.8. The van der Waals surface area contributed by atoms with Gasteiger partial charge in [0, 0.05) is 11.6 Å². The zero-order valence-corrected chi connectivity index (χ0v) is 11.6. The van der Waals surface area contributed by atoms with E-state index >= 15 is 0 Å². The smallest absolute Gasteiger partial charge is 0.268 e. The number of hydrogen-bond donors (Lipinski definition) is 1. The monoisotopic (exact) mass is 287 g/mol. The predicted octanol–water partition coefficient (Wildman–Crippen LogP) is 2.89. The molecule has 1 N–H and O–H groups in total. The number of aromatic nitrogens is 1. The molecule has 0 unspecified atom stereocenters. The van der Waals surface area contributed by atoms with E-state index in [0.29, 0.717) is 10.9 Å². The highest BCUT2D eigenvalue weighted by Gasteiger charge is 2.19. The van der Waals surface area contributed by atoms with E-state index in [-0.39, 0.29) is 10.6 Å². The summed E-state index contributed by atoms with van der Waals surface area (Å²) in [6.07, 6.45) is 1.46. The summed E-state index contributed by atoms with van der Waals surface area (Å²) in [6, 6.07) is 13.2. The Hall–Kier alpha value is -2.27. The van der Waals surface area contributed by atoms with Gasteiger partial charge in [-0.25, -0.2) is 12.4 Å². The Labute approximate surface area is 117 Å². The van der Waals surface area contributed by atoms with Crippen molar-refractivity contribution in [1.29, 1.82) is 0 Å². The summed E-state index contributed by atoms with van der Waals surface area (Å²) < 4.78 is 26.4. The van der Waals surface area contributed by atoms with Gasteiger partial charge in [0.2, 0.25) is 0 Å². The van der Waals surface area contributed by atoms with Crippen LogP contribution in [-0.2, 0) is 10.0 Å². The van der Waals surface area contributed by atoms with Crippen LogP contribution in [0.1, 0.15) is 5.56 Å². The first-order valence-electron chi connectivity index (χ1n) is 6.11. The Kier molecular flexibility index (Phi) is 2.79. The molecule has 2 aromatic carbocycles. The Bertz CT molecular complexity index is 880. The molecule has 1 heterocycles. The number of fused-ring (bicyclic) bond motifs is 1. The van der Waals surface area contributed by atoms with E-state index in [1.165, 1.54) is 10.2 Å². The van der Waals surface area contributed by atoms with E-state index in [0.717, 1.165) is 5.56 Å². The lowest BCUT2D eigenvalue weighted by molar-refractivity contribution is 0.481. The molecule has 0 saturated carbocycles. The molecule has 0 atom stereocenters. The van der Waals surface area contributed by atoms with Crippen molar-refractivity contribution in [3.05, 3.63) is 60.3 Å². The lowest BCUT2D eigenvalue weighted by Gasteiger charge is -2.08. The first-order valence-corrected chi connectivity index (χ1v) is 7.55. The Morgan fingerprint density at radius 2 is 1.75 bits per heavy atom. The average molecular weight is 287 g/mol. The van der Waals surface area contributed by atoms with Crippen LogP contribution < -0.4 is 0 Å². The van der Waals surface area contributed by atoms with Crippen LogP contribution in [0, 0.1) is 6.92 Å². The second-order valence-corrected chi connectivity index (χ2v) is 6.46. The molecule has 102 valence electrons. The standard InChI is InChI=1S/C15H13NO3S/c1-11-9-14-13(15(17)10-11)7-8-16(14)20(18,19)12-5-3-2-4-6-12/h2-10,17H,1H3. The fraction of sp³-hybridized carbons (Fsp3) is 0.0667. The quantitative estimate of drug-likeness (QED) is 0.788. The van der Waals surface area contributed by atoms with Gasteiger partial charge < -0.3 is 5.11 Å². The third-order valence-corrected chi connectivity index (χ3v) is 4.90. The van der Waals surface area contributed by atoms with Crippen molar-refractivity contribution in [2.75, 3.05) is 0 Å². The maximum absolute atomic E-state index is 12.6. The molecule has 4 nitrogen and oxygen atoms in total. The minimum Gasteiger partial charge on any atom is -0.507 e. The molecular formula is C15H13NO3S. The van der Waals surface area contributed by atoms with E-state index in [4.69, 9.17) is 0 Å². The fourth-order valence-corrected chi connectivity index (χ4v) is 3.61. The van der Waals surface area contributed by atoms with Crippen LogP contribution in [0.5, 0.6) is 5.75 Å². The van der Waals surface area contributed by atoms with Crippen LogP contribution in [0.25, 0.3) is 10.9 Å². The molecule has 0 amide bonds. The van der Waals surface area contributed by atoms with Crippen LogP contribution in [0.15, 0.2) is 59.6 Å². The lowest BCUT2D eigenvalue weighted by atomic mass is 10.2. The largest absolute Gasteiger partial charge is 0.507 e. The number of rotatable bonds is 2. The summed E-state index contributed by atoms with van der Waals surface area (Å²) in [5.41, 5.74) is 1.28. The summed E-state index contributed by atoms with van der Waals surface area (Å²) in [6.45, 7) is 1.81. The molecule has 5 heteroatoms. The highest BCUT2D eigenvalue weighted by atomic mass is 32.2. The van der Waals surface area contributed by atoms with Gasteiger partial charge in [0.15, 0.2) is 0 Å². The summed E-state index contributed by atoms with van der Waals surface area (Å²) in [5.74, 6) is 0.0852. The maximum Gasteiger partial charge on any atom is 0.268 e. The minimum atomic E-state index is -3.65. The van der Waals surface area contributed by atoms with E-state index in [9.17, 15) is 13.5 Å². The third-order valence-electron chi connectivity index (χ3n) is 3.19. The molecule has 20 heavy (non-hydrogen) atoms. The summed E-state index contributed by atoms with van der Waals surface area (Å²) in [5, 5.41) is 10.4. The number of aromatic hydroxyl groups is 1. The van der Waals surface area contributed by atoms with Crippen molar-refractivity contribution in [2.24, 2.45) is 0 Å².